The minimum absolute atomic E-state index is 0.596. The number of hydrogen-bond acceptors (Lipinski definition) is 2. The second kappa shape index (κ2) is 6.30. The molecule has 0 amide bonds. The molecule has 0 aromatic heterocycles. The molecular weight excluding hydrogens is 224 g/mol. The van der Waals surface area contributed by atoms with E-state index >= 15 is 0 Å². The molecule has 0 saturated heterocycles. The molecule has 0 fully saturated rings. The van der Waals surface area contributed by atoms with Crippen LogP contribution < -0.4 is 5.43 Å². The highest BCUT2D eigenvalue weighted by Gasteiger charge is 1.98. The second-order valence-electron chi connectivity index (χ2n) is 3.59. The van der Waals surface area contributed by atoms with E-state index in [0.29, 0.717) is 5.84 Å². The first-order valence-corrected chi connectivity index (χ1v) is 5.64. The Balaban J connectivity index is 2.04. The van der Waals surface area contributed by atoms with Crippen LogP contribution >= 0.6 is 0 Å². The number of aliphatic imine (C=N–C) groups is 1. The lowest BCUT2D eigenvalue weighted by molar-refractivity contribution is 1.15. The van der Waals surface area contributed by atoms with Gasteiger partial charge in [0.15, 0.2) is 5.84 Å². The van der Waals surface area contributed by atoms with Gasteiger partial charge in [-0.2, -0.15) is 0 Å². The Morgan fingerprint density at radius 2 is 1.50 bits per heavy atom. The highest BCUT2D eigenvalue weighted by atomic mass is 15.4. The molecule has 90 valence electrons. The average molecular weight is 238 g/mol. The predicted molar refractivity (Wildman–Crippen MR) is 73.8 cm³/mol. The Morgan fingerprint density at radius 1 is 0.889 bits per heavy atom. The zero-order valence-corrected chi connectivity index (χ0v) is 10.1. The third-order valence-corrected chi connectivity index (χ3v) is 2.34. The van der Waals surface area contributed by atoms with Crippen LogP contribution in [0.5, 0.6) is 0 Å². The zero-order valence-electron chi connectivity index (χ0n) is 10.1. The predicted octanol–water partition coefficient (Wildman–Crippen LogP) is 3.54. The molecule has 1 N–H and O–H groups in total. The zero-order chi connectivity index (χ0) is 12.6. The van der Waals surface area contributed by atoms with Gasteiger partial charge in [-0.25, -0.2) is 0 Å². The summed E-state index contributed by atoms with van der Waals surface area (Å²) in [7, 11) is 1.70. The molecule has 0 heterocycles. The summed E-state index contributed by atoms with van der Waals surface area (Å²) in [5, 5.41) is 8.00. The molecule has 0 aliphatic heterocycles. The lowest BCUT2D eigenvalue weighted by Gasteiger charge is -1.99. The van der Waals surface area contributed by atoms with Gasteiger partial charge in [-0.05, 0) is 12.1 Å². The fourth-order valence-electron chi connectivity index (χ4n) is 1.46. The highest BCUT2D eigenvalue weighted by Crippen LogP contribution is 2.06. The maximum absolute atomic E-state index is 4.11. The van der Waals surface area contributed by atoms with Crippen LogP contribution in [-0.2, 0) is 0 Å². The minimum atomic E-state index is 0.596. The van der Waals surface area contributed by atoms with Crippen molar-refractivity contribution in [2.24, 2.45) is 15.3 Å². The lowest BCUT2D eigenvalue weighted by atomic mass is 10.2. The molecule has 4 nitrogen and oxygen atoms in total. The van der Waals surface area contributed by atoms with E-state index in [1.54, 1.807) is 7.05 Å². The van der Waals surface area contributed by atoms with Crippen LogP contribution in [-0.4, -0.2) is 12.9 Å². The van der Waals surface area contributed by atoms with Crippen LogP contribution in [0.3, 0.4) is 0 Å². The van der Waals surface area contributed by atoms with Crippen LogP contribution in [0.2, 0.25) is 0 Å². The van der Waals surface area contributed by atoms with Crippen molar-refractivity contribution in [1.29, 1.82) is 0 Å². The molecule has 0 saturated carbocycles. The molecule has 0 aliphatic rings. The molecule has 18 heavy (non-hydrogen) atoms. The summed E-state index contributed by atoms with van der Waals surface area (Å²) in [6.07, 6.45) is 0. The Morgan fingerprint density at radius 3 is 2.11 bits per heavy atom. The number of nitrogens with one attached hydrogen (secondary N) is 1. The summed E-state index contributed by atoms with van der Waals surface area (Å²) in [6, 6.07) is 19.4. The summed E-state index contributed by atoms with van der Waals surface area (Å²) >= 11 is 0. The number of nitrogens with zero attached hydrogens (tertiary/aromatic N) is 3. The third kappa shape index (κ3) is 3.25. The second-order valence-corrected chi connectivity index (χ2v) is 3.59. The molecular formula is C14H14N4. The van der Waals surface area contributed by atoms with Crippen LogP contribution in [0.25, 0.3) is 0 Å². The Labute approximate surface area is 106 Å². The topological polar surface area (TPSA) is 49.1 Å². The fraction of sp³-hybridized carbons (Fsp3) is 0.0714. The van der Waals surface area contributed by atoms with Crippen molar-refractivity contribution in [2.75, 3.05) is 12.5 Å². The molecule has 0 unspecified atom stereocenters. The van der Waals surface area contributed by atoms with Gasteiger partial charge in [0, 0.05) is 12.6 Å². The van der Waals surface area contributed by atoms with Crippen LogP contribution in [0.1, 0.15) is 5.56 Å². The maximum atomic E-state index is 4.11. The van der Waals surface area contributed by atoms with E-state index in [1.165, 1.54) is 0 Å². The summed E-state index contributed by atoms with van der Waals surface area (Å²) in [5.41, 5.74) is 4.69. The number of hydrogen-bond donors (Lipinski definition) is 1. The first-order valence-electron chi connectivity index (χ1n) is 5.64. The Hall–Kier alpha value is -2.49. The van der Waals surface area contributed by atoms with E-state index in [1.807, 2.05) is 60.7 Å². The van der Waals surface area contributed by atoms with Crippen molar-refractivity contribution in [3.63, 3.8) is 0 Å². The van der Waals surface area contributed by atoms with E-state index in [0.717, 1.165) is 11.3 Å². The number of rotatable bonds is 3. The van der Waals surface area contributed by atoms with Gasteiger partial charge in [0.05, 0.1) is 5.69 Å². The lowest BCUT2D eigenvalue weighted by Crippen LogP contribution is -1.97. The van der Waals surface area contributed by atoms with Crippen molar-refractivity contribution in [1.82, 2.24) is 0 Å². The summed E-state index contributed by atoms with van der Waals surface area (Å²) in [6.45, 7) is 0. The van der Waals surface area contributed by atoms with Crippen molar-refractivity contribution in [3.8, 4) is 0 Å². The Bertz CT molecular complexity index is 532. The SMILES string of the molecule is CN=C(N=NNc1ccccc1)c1ccccc1. The average Bonchev–Trinajstić information content (AvgIpc) is 2.46. The molecule has 0 bridgehead atoms. The van der Waals surface area contributed by atoms with Gasteiger partial charge in [0.1, 0.15) is 0 Å². The summed E-state index contributed by atoms with van der Waals surface area (Å²) in [4.78, 5) is 4.11. The van der Waals surface area contributed by atoms with E-state index in [4.69, 9.17) is 0 Å². The Kier molecular flexibility index (Phi) is 4.19. The number of benzene rings is 2. The third-order valence-electron chi connectivity index (χ3n) is 2.34. The number of anilines is 1. The van der Waals surface area contributed by atoms with E-state index in [-0.39, 0.29) is 0 Å². The molecule has 2 rings (SSSR count). The maximum Gasteiger partial charge on any atom is 0.178 e. The van der Waals surface area contributed by atoms with Crippen LogP contribution in [0.4, 0.5) is 5.69 Å². The molecule has 0 spiro atoms. The highest BCUT2D eigenvalue weighted by molar-refractivity contribution is 5.99. The van der Waals surface area contributed by atoms with Crippen LogP contribution in [0.15, 0.2) is 76.0 Å². The van der Waals surface area contributed by atoms with Crippen molar-refractivity contribution < 1.29 is 0 Å². The smallest absolute Gasteiger partial charge is 0.178 e. The summed E-state index contributed by atoms with van der Waals surface area (Å²) < 4.78 is 0. The first kappa shape index (κ1) is 12.0. The van der Waals surface area contributed by atoms with Crippen molar-refractivity contribution in [2.45, 2.75) is 0 Å². The molecule has 0 aliphatic carbocycles. The number of amidine groups is 1. The molecule has 4 heteroatoms. The standard InChI is InChI=1S/C14H14N4/c1-15-14(12-8-4-2-5-9-12)17-18-16-13-10-6-3-7-11-13/h2-11H,1H3,(H,15,16,17). The fourth-order valence-corrected chi connectivity index (χ4v) is 1.46. The minimum Gasteiger partial charge on any atom is -0.268 e. The molecule has 2 aromatic carbocycles. The van der Waals surface area contributed by atoms with Crippen molar-refractivity contribution >= 4 is 11.5 Å². The van der Waals surface area contributed by atoms with E-state index in [2.05, 4.69) is 20.8 Å². The van der Waals surface area contributed by atoms with Crippen LogP contribution in [0, 0.1) is 0 Å². The largest absolute Gasteiger partial charge is 0.268 e. The normalized spacial score (nSPS) is 11.7. The quantitative estimate of drug-likeness (QED) is 0.378. The van der Waals surface area contributed by atoms with E-state index in [9.17, 15) is 0 Å². The van der Waals surface area contributed by atoms with Gasteiger partial charge in [0.25, 0.3) is 0 Å². The van der Waals surface area contributed by atoms with Crippen molar-refractivity contribution in [3.05, 3.63) is 66.2 Å². The molecule has 2 aromatic rings. The van der Waals surface area contributed by atoms with Gasteiger partial charge in [0.2, 0.25) is 0 Å². The summed E-state index contributed by atoms with van der Waals surface area (Å²) in [5.74, 6) is 0.596. The van der Waals surface area contributed by atoms with Gasteiger partial charge in [-0.3, -0.25) is 10.4 Å². The molecule has 0 atom stereocenters. The van der Waals surface area contributed by atoms with Gasteiger partial charge >= 0.3 is 0 Å². The van der Waals surface area contributed by atoms with Gasteiger partial charge < -0.3 is 0 Å². The first-order chi connectivity index (χ1) is 8.90. The number of para-hydroxylation sites is 1. The van der Waals surface area contributed by atoms with E-state index < -0.39 is 0 Å². The molecule has 0 radical (unpaired) electrons. The van der Waals surface area contributed by atoms with Gasteiger partial charge in [-0.1, -0.05) is 53.8 Å². The van der Waals surface area contributed by atoms with Gasteiger partial charge in [-0.15, -0.1) is 5.11 Å². The monoisotopic (exact) mass is 238 g/mol.